The third kappa shape index (κ3) is 4.80. The number of amides is 5. The van der Waals surface area contributed by atoms with Crippen LogP contribution in [0.15, 0.2) is 53.1 Å². The molecule has 2 aliphatic heterocycles. The Morgan fingerprint density at radius 1 is 0.943 bits per heavy atom. The number of carbonyl (C=O) groups excluding carboxylic acids is 4. The largest absolute Gasteiger partial charge is 0.459 e. The SMILES string of the molecule is O=C(c1ccco1)N1CCN(C(=O)C2CCC3C(=O)N(CCc4ccccc4)C(=O)NC3C2)CC1. The monoisotopic (exact) mass is 478 g/mol. The molecule has 3 heterocycles. The van der Waals surface area contributed by atoms with Crippen LogP contribution >= 0.6 is 0 Å². The number of hydrogen-bond acceptors (Lipinski definition) is 5. The van der Waals surface area contributed by atoms with E-state index in [0.29, 0.717) is 64.2 Å². The van der Waals surface area contributed by atoms with Gasteiger partial charge in [-0.25, -0.2) is 4.79 Å². The van der Waals surface area contributed by atoms with Crippen LogP contribution in [0.3, 0.4) is 0 Å². The normalized spacial score (nSPS) is 24.7. The number of carbonyl (C=O) groups is 4. The minimum absolute atomic E-state index is 0.0433. The lowest BCUT2D eigenvalue weighted by Crippen LogP contribution is -2.62. The Kier molecular flexibility index (Phi) is 6.57. The zero-order valence-corrected chi connectivity index (χ0v) is 19.6. The summed E-state index contributed by atoms with van der Waals surface area (Å²) in [5.41, 5.74) is 1.08. The summed E-state index contributed by atoms with van der Waals surface area (Å²) in [6.45, 7) is 2.19. The maximum absolute atomic E-state index is 13.2. The Labute approximate surface area is 204 Å². The van der Waals surface area contributed by atoms with E-state index in [1.807, 2.05) is 30.3 Å². The van der Waals surface area contributed by atoms with Crippen LogP contribution in [-0.4, -0.2) is 77.2 Å². The smallest absolute Gasteiger partial charge is 0.324 e. The molecule has 5 amide bonds. The van der Waals surface area contributed by atoms with Gasteiger partial charge >= 0.3 is 6.03 Å². The predicted octanol–water partition coefficient (Wildman–Crippen LogP) is 2.14. The van der Waals surface area contributed by atoms with Crippen molar-refractivity contribution < 1.29 is 23.6 Å². The fourth-order valence-electron chi connectivity index (χ4n) is 5.43. The summed E-state index contributed by atoms with van der Waals surface area (Å²) in [6, 6.07) is 12.4. The highest BCUT2D eigenvalue weighted by atomic mass is 16.3. The number of nitrogens with one attached hydrogen (secondary N) is 1. The lowest BCUT2D eigenvalue weighted by Gasteiger charge is -2.43. The van der Waals surface area contributed by atoms with Gasteiger partial charge in [-0.1, -0.05) is 30.3 Å². The Morgan fingerprint density at radius 3 is 2.40 bits per heavy atom. The first-order chi connectivity index (χ1) is 17.0. The summed E-state index contributed by atoms with van der Waals surface area (Å²) in [5.74, 6) is -0.461. The van der Waals surface area contributed by atoms with E-state index in [0.717, 1.165) is 5.56 Å². The van der Waals surface area contributed by atoms with E-state index in [4.69, 9.17) is 4.42 Å². The van der Waals surface area contributed by atoms with Crippen LogP contribution in [-0.2, 0) is 16.0 Å². The minimum atomic E-state index is -0.370. The van der Waals surface area contributed by atoms with E-state index in [1.54, 1.807) is 21.9 Å². The Balaban J connectivity index is 1.14. The van der Waals surface area contributed by atoms with Crippen LogP contribution < -0.4 is 5.32 Å². The molecule has 0 bridgehead atoms. The van der Waals surface area contributed by atoms with Crippen molar-refractivity contribution in [1.82, 2.24) is 20.0 Å². The number of nitrogens with zero attached hydrogens (tertiary/aromatic N) is 3. The van der Waals surface area contributed by atoms with Crippen LogP contribution in [0.5, 0.6) is 0 Å². The van der Waals surface area contributed by atoms with E-state index in [9.17, 15) is 19.2 Å². The molecule has 1 aromatic carbocycles. The van der Waals surface area contributed by atoms with Crippen molar-refractivity contribution in [3.63, 3.8) is 0 Å². The second-order valence-electron chi connectivity index (χ2n) is 9.49. The second-order valence-corrected chi connectivity index (χ2v) is 9.49. The number of furan rings is 1. The van der Waals surface area contributed by atoms with Crippen LogP contribution in [0.2, 0.25) is 0 Å². The van der Waals surface area contributed by atoms with Crippen molar-refractivity contribution in [1.29, 1.82) is 0 Å². The molecule has 0 spiro atoms. The topological polar surface area (TPSA) is 103 Å². The molecular formula is C26H30N4O5. The summed E-state index contributed by atoms with van der Waals surface area (Å²) in [4.78, 5) is 56.3. The highest BCUT2D eigenvalue weighted by Gasteiger charge is 2.46. The van der Waals surface area contributed by atoms with E-state index < -0.39 is 0 Å². The Morgan fingerprint density at radius 2 is 1.69 bits per heavy atom. The van der Waals surface area contributed by atoms with E-state index in [2.05, 4.69) is 5.32 Å². The Bertz CT molecular complexity index is 1080. The molecule has 1 aromatic heterocycles. The van der Waals surface area contributed by atoms with Gasteiger partial charge in [-0.2, -0.15) is 0 Å². The van der Waals surface area contributed by atoms with Gasteiger partial charge in [0.2, 0.25) is 11.8 Å². The summed E-state index contributed by atoms with van der Waals surface area (Å²) >= 11 is 0. The molecule has 9 nitrogen and oxygen atoms in total. The molecule has 3 unspecified atom stereocenters. The van der Waals surface area contributed by atoms with Crippen LogP contribution in [0.4, 0.5) is 4.79 Å². The molecule has 184 valence electrons. The number of rotatable bonds is 5. The number of benzene rings is 1. The quantitative estimate of drug-likeness (QED) is 0.709. The van der Waals surface area contributed by atoms with Gasteiger partial charge in [-0.05, 0) is 43.4 Å². The van der Waals surface area contributed by atoms with Gasteiger partial charge in [0.25, 0.3) is 5.91 Å². The molecule has 1 aliphatic carbocycles. The predicted molar refractivity (Wildman–Crippen MR) is 126 cm³/mol. The van der Waals surface area contributed by atoms with Crippen LogP contribution in [0.1, 0.15) is 35.4 Å². The van der Waals surface area contributed by atoms with Gasteiger partial charge in [-0.15, -0.1) is 0 Å². The van der Waals surface area contributed by atoms with Gasteiger partial charge < -0.3 is 19.5 Å². The van der Waals surface area contributed by atoms with Crippen molar-refractivity contribution in [2.75, 3.05) is 32.7 Å². The molecule has 1 N–H and O–H groups in total. The van der Waals surface area contributed by atoms with Crippen molar-refractivity contribution in [2.24, 2.45) is 11.8 Å². The first-order valence-electron chi connectivity index (χ1n) is 12.3. The third-order valence-corrected chi connectivity index (χ3v) is 7.41. The van der Waals surface area contributed by atoms with Gasteiger partial charge in [-0.3, -0.25) is 19.3 Å². The summed E-state index contributed by atoms with van der Waals surface area (Å²) in [6.07, 6.45) is 3.77. The summed E-state index contributed by atoms with van der Waals surface area (Å²) < 4.78 is 5.19. The average Bonchev–Trinajstić information content (AvgIpc) is 3.43. The molecule has 0 radical (unpaired) electrons. The highest BCUT2D eigenvalue weighted by Crippen LogP contribution is 2.34. The van der Waals surface area contributed by atoms with Crippen LogP contribution in [0, 0.1) is 11.8 Å². The molecule has 3 atom stereocenters. The van der Waals surface area contributed by atoms with Crippen molar-refractivity contribution in [3.05, 3.63) is 60.1 Å². The number of hydrogen-bond donors (Lipinski definition) is 1. The Hall–Kier alpha value is -3.62. The molecule has 3 fully saturated rings. The van der Waals surface area contributed by atoms with Gasteiger partial charge in [0.05, 0.1) is 12.2 Å². The van der Waals surface area contributed by atoms with E-state index in [-0.39, 0.29) is 41.6 Å². The minimum Gasteiger partial charge on any atom is -0.459 e. The third-order valence-electron chi connectivity index (χ3n) is 7.41. The summed E-state index contributed by atoms with van der Waals surface area (Å²) in [5, 5.41) is 2.99. The maximum Gasteiger partial charge on any atom is 0.324 e. The molecule has 5 rings (SSSR count). The number of fused-ring (bicyclic) bond motifs is 1. The highest BCUT2D eigenvalue weighted by molar-refractivity contribution is 5.99. The second kappa shape index (κ2) is 9.93. The molecule has 1 saturated carbocycles. The lowest BCUT2D eigenvalue weighted by atomic mass is 9.76. The molecule has 9 heteroatoms. The molecule has 2 aromatic rings. The van der Waals surface area contributed by atoms with Gasteiger partial charge in [0.1, 0.15) is 0 Å². The maximum atomic E-state index is 13.2. The molecular weight excluding hydrogens is 448 g/mol. The average molecular weight is 479 g/mol. The van der Waals surface area contributed by atoms with Crippen molar-refractivity contribution in [3.8, 4) is 0 Å². The fraction of sp³-hybridized carbons (Fsp3) is 0.462. The first-order valence-corrected chi connectivity index (χ1v) is 12.3. The molecule has 3 aliphatic rings. The zero-order valence-electron chi connectivity index (χ0n) is 19.6. The van der Waals surface area contributed by atoms with E-state index >= 15 is 0 Å². The van der Waals surface area contributed by atoms with Gasteiger partial charge in [0.15, 0.2) is 5.76 Å². The van der Waals surface area contributed by atoms with Crippen molar-refractivity contribution >= 4 is 23.8 Å². The number of piperazine rings is 1. The standard InChI is InChI=1S/C26H30N4O5/c31-23(28-12-14-29(15-13-28)25(33)22-7-4-16-35-22)19-8-9-20-21(17-19)27-26(34)30(24(20)32)11-10-18-5-2-1-3-6-18/h1-7,16,19-21H,8-15,17H2,(H,27,34). The first kappa shape index (κ1) is 23.1. The molecule has 35 heavy (non-hydrogen) atoms. The van der Waals surface area contributed by atoms with Crippen molar-refractivity contribution in [2.45, 2.75) is 31.7 Å². The lowest BCUT2D eigenvalue weighted by molar-refractivity contribution is -0.143. The van der Waals surface area contributed by atoms with E-state index in [1.165, 1.54) is 11.2 Å². The molecule has 2 saturated heterocycles. The summed E-state index contributed by atoms with van der Waals surface area (Å²) in [7, 11) is 0. The van der Waals surface area contributed by atoms with Gasteiger partial charge in [0, 0.05) is 44.7 Å². The zero-order chi connectivity index (χ0) is 24.4. The number of urea groups is 1. The number of imide groups is 1. The van der Waals surface area contributed by atoms with Crippen LogP contribution in [0.25, 0.3) is 0 Å². The fourth-order valence-corrected chi connectivity index (χ4v) is 5.43.